The number of phosphoric ester groups is 1. The zero-order valence-electron chi connectivity index (χ0n) is 35.6. The second-order valence-corrected chi connectivity index (χ2v) is 16.8. The van der Waals surface area contributed by atoms with Gasteiger partial charge in [-0.05, 0) is 32.1 Å². The molecule has 1 unspecified atom stereocenters. The summed E-state index contributed by atoms with van der Waals surface area (Å²) in [4.78, 5) is 49.5. The van der Waals surface area contributed by atoms with Crippen molar-refractivity contribution in [2.24, 2.45) is 0 Å². The number of hydrogen-bond donors (Lipinski definition) is 2. The highest BCUT2D eigenvalue weighted by molar-refractivity contribution is 7.45. The molecular formula is C43H85N2O9P. The standard InChI is InChI=1S/C43H85N2O9P/c1-3-5-7-9-11-13-15-17-19-21-23-25-29-33-42(47)51-38-40(39-53-55(49,50)52-37-36-45-41(46)32-28-27-31-35-44)54-43(48)34-30-26-24-22-20-18-16-14-12-10-8-6-4-2/h40H,3-39,44H2,1-2H3,(H,45,46)(H,49,50)/t40-/m1/s1. The molecule has 0 saturated heterocycles. The molecule has 0 rings (SSSR count). The quantitative estimate of drug-likeness (QED) is 0.0346. The Morgan fingerprint density at radius 1 is 0.545 bits per heavy atom. The fourth-order valence-corrected chi connectivity index (χ4v) is 7.22. The van der Waals surface area contributed by atoms with E-state index in [2.05, 4.69) is 24.9 Å². The lowest BCUT2D eigenvalue weighted by atomic mass is 10.0. The minimum atomic E-state index is -4.76. The number of carbonyl (C=O) groups is 3. The Bertz CT molecular complexity index is 940. The first-order chi connectivity index (χ1) is 26.7. The smallest absolute Gasteiger partial charge is 0.306 e. The molecule has 2 atom stereocenters. The second kappa shape index (κ2) is 40.7. The van der Waals surface area contributed by atoms with E-state index in [1.54, 1.807) is 0 Å². The van der Waals surface area contributed by atoms with Crippen LogP contribution < -0.4 is 15.9 Å². The summed E-state index contributed by atoms with van der Waals surface area (Å²) in [5.41, 5.74) is 3.78. The Morgan fingerprint density at radius 3 is 1.40 bits per heavy atom. The maximum atomic E-state index is 12.7. The van der Waals surface area contributed by atoms with Crippen molar-refractivity contribution in [3.05, 3.63) is 0 Å². The summed E-state index contributed by atoms with van der Waals surface area (Å²) in [5, 5.41) is 2.63. The second-order valence-electron chi connectivity index (χ2n) is 15.4. The van der Waals surface area contributed by atoms with Crippen LogP contribution >= 0.6 is 7.82 Å². The first-order valence-electron chi connectivity index (χ1n) is 22.7. The number of amides is 1. The van der Waals surface area contributed by atoms with Gasteiger partial charge in [-0.2, -0.15) is 0 Å². The molecule has 0 spiro atoms. The van der Waals surface area contributed by atoms with E-state index in [1.165, 1.54) is 122 Å². The Morgan fingerprint density at radius 2 is 0.945 bits per heavy atom. The van der Waals surface area contributed by atoms with Crippen molar-refractivity contribution in [3.63, 3.8) is 0 Å². The van der Waals surface area contributed by atoms with E-state index in [9.17, 15) is 23.8 Å². The number of nitrogens with one attached hydrogen (secondary N) is 1. The number of unbranched alkanes of at least 4 members (excludes halogenated alkanes) is 26. The summed E-state index contributed by atoms with van der Waals surface area (Å²) in [6.07, 6.45) is 33.6. The van der Waals surface area contributed by atoms with Crippen LogP contribution in [0.25, 0.3) is 0 Å². The molecule has 0 aromatic rings. The normalized spacial score (nSPS) is 13.0. The minimum absolute atomic E-state index is 0.0120. The van der Waals surface area contributed by atoms with Gasteiger partial charge in [0.05, 0.1) is 19.8 Å². The summed E-state index contributed by atoms with van der Waals surface area (Å²) >= 11 is 0. The van der Waals surface area contributed by atoms with Crippen LogP contribution in [0.5, 0.6) is 0 Å². The SMILES string of the molecule is CCCCCCCCCCCCCCCC(=O)OC[C@H](COP(=O)([O-])OCCNC(=O)CCCCC[NH3+])OC(=O)CCCCCCCCCCCCCCC. The summed E-state index contributed by atoms with van der Waals surface area (Å²) in [6.45, 7) is 4.21. The van der Waals surface area contributed by atoms with Gasteiger partial charge >= 0.3 is 11.9 Å². The largest absolute Gasteiger partial charge is 0.756 e. The van der Waals surface area contributed by atoms with E-state index >= 15 is 0 Å². The zero-order valence-corrected chi connectivity index (χ0v) is 36.5. The van der Waals surface area contributed by atoms with Gasteiger partial charge in [0.15, 0.2) is 6.10 Å². The molecule has 0 aromatic carbocycles. The lowest BCUT2D eigenvalue weighted by Gasteiger charge is -2.25. The predicted molar refractivity (Wildman–Crippen MR) is 220 cm³/mol. The monoisotopic (exact) mass is 805 g/mol. The van der Waals surface area contributed by atoms with Crippen LogP contribution in [0.4, 0.5) is 0 Å². The number of quaternary nitrogens is 1. The molecule has 326 valence electrons. The molecule has 11 nitrogen and oxygen atoms in total. The topological polar surface area (TPSA) is 168 Å². The molecule has 0 radical (unpaired) electrons. The van der Waals surface area contributed by atoms with Crippen molar-refractivity contribution in [2.75, 3.05) is 32.9 Å². The van der Waals surface area contributed by atoms with E-state index in [-0.39, 0.29) is 38.5 Å². The van der Waals surface area contributed by atoms with Gasteiger partial charge in [-0.25, -0.2) is 0 Å². The predicted octanol–water partition coefficient (Wildman–Crippen LogP) is 9.82. The van der Waals surface area contributed by atoms with Crippen LogP contribution in [0, 0.1) is 0 Å². The molecule has 12 heteroatoms. The summed E-state index contributed by atoms with van der Waals surface area (Å²) < 4.78 is 33.2. The van der Waals surface area contributed by atoms with Crippen LogP contribution in [0.15, 0.2) is 0 Å². The molecule has 55 heavy (non-hydrogen) atoms. The molecule has 0 aliphatic carbocycles. The van der Waals surface area contributed by atoms with Gasteiger partial charge in [0.1, 0.15) is 6.61 Å². The van der Waals surface area contributed by atoms with E-state index in [1.807, 2.05) is 0 Å². The maximum Gasteiger partial charge on any atom is 0.306 e. The van der Waals surface area contributed by atoms with Gasteiger partial charge in [-0.1, -0.05) is 168 Å². The zero-order chi connectivity index (χ0) is 40.5. The number of rotatable bonds is 43. The fraction of sp³-hybridized carbons (Fsp3) is 0.930. The van der Waals surface area contributed by atoms with E-state index in [4.69, 9.17) is 18.5 Å². The molecule has 0 heterocycles. The number of ether oxygens (including phenoxy) is 2. The summed E-state index contributed by atoms with van der Waals surface area (Å²) in [7, 11) is -4.76. The lowest BCUT2D eigenvalue weighted by Crippen LogP contribution is -2.50. The molecule has 0 bridgehead atoms. The van der Waals surface area contributed by atoms with E-state index < -0.39 is 32.5 Å². The number of carbonyl (C=O) groups excluding carboxylic acids is 3. The van der Waals surface area contributed by atoms with Crippen molar-refractivity contribution in [2.45, 2.75) is 225 Å². The first kappa shape index (κ1) is 53.5. The van der Waals surface area contributed by atoms with Crippen molar-refractivity contribution in [1.82, 2.24) is 5.32 Å². The van der Waals surface area contributed by atoms with Crippen LogP contribution in [-0.2, 0) is 37.5 Å². The number of phosphoric acid groups is 1. The van der Waals surface area contributed by atoms with Crippen molar-refractivity contribution in [3.8, 4) is 0 Å². The first-order valence-corrected chi connectivity index (χ1v) is 24.2. The average Bonchev–Trinajstić information content (AvgIpc) is 3.16. The highest BCUT2D eigenvalue weighted by Crippen LogP contribution is 2.38. The molecule has 1 amide bonds. The van der Waals surface area contributed by atoms with Crippen LogP contribution in [-0.4, -0.2) is 56.9 Å². The number of hydrogen-bond acceptors (Lipinski definition) is 9. The maximum absolute atomic E-state index is 12.7. The van der Waals surface area contributed by atoms with Crippen LogP contribution in [0.3, 0.4) is 0 Å². The molecule has 0 fully saturated rings. The Kier molecular flexibility index (Phi) is 39.5. The molecule has 4 N–H and O–H groups in total. The Labute approximate surface area is 336 Å². The Hall–Kier alpha value is -1.52. The van der Waals surface area contributed by atoms with Gasteiger partial charge in [0, 0.05) is 25.8 Å². The van der Waals surface area contributed by atoms with Crippen LogP contribution in [0.1, 0.15) is 219 Å². The molecule has 0 aliphatic rings. The van der Waals surface area contributed by atoms with E-state index in [0.717, 1.165) is 57.9 Å². The van der Waals surface area contributed by atoms with Gasteiger partial charge in [-0.3, -0.25) is 18.9 Å². The number of esters is 2. The average molecular weight is 805 g/mol. The fourth-order valence-electron chi connectivity index (χ4n) is 6.48. The highest BCUT2D eigenvalue weighted by Gasteiger charge is 2.21. The van der Waals surface area contributed by atoms with Gasteiger partial charge < -0.3 is 34.5 Å². The van der Waals surface area contributed by atoms with Gasteiger partial charge in [0.25, 0.3) is 7.82 Å². The lowest BCUT2D eigenvalue weighted by molar-refractivity contribution is -0.368. The molecule has 0 aromatic heterocycles. The molecule has 0 saturated carbocycles. The third kappa shape index (κ3) is 40.5. The van der Waals surface area contributed by atoms with Crippen molar-refractivity contribution in [1.29, 1.82) is 0 Å². The highest BCUT2D eigenvalue weighted by atomic mass is 31.2. The third-order valence-corrected chi connectivity index (χ3v) is 10.9. The van der Waals surface area contributed by atoms with Gasteiger partial charge in [-0.15, -0.1) is 0 Å². The van der Waals surface area contributed by atoms with Crippen molar-refractivity contribution < 1.29 is 48.1 Å². The molecular weight excluding hydrogens is 719 g/mol. The van der Waals surface area contributed by atoms with Crippen LogP contribution in [0.2, 0.25) is 0 Å². The summed E-state index contributed by atoms with van der Waals surface area (Å²) in [6, 6.07) is 0. The van der Waals surface area contributed by atoms with Gasteiger partial charge in [0.2, 0.25) is 5.91 Å². The minimum Gasteiger partial charge on any atom is -0.756 e. The summed E-state index contributed by atoms with van der Waals surface area (Å²) in [5.74, 6) is -1.07. The van der Waals surface area contributed by atoms with Crippen molar-refractivity contribution >= 4 is 25.7 Å². The van der Waals surface area contributed by atoms with E-state index in [0.29, 0.717) is 19.3 Å². The molecule has 0 aliphatic heterocycles. The third-order valence-electron chi connectivity index (χ3n) is 9.94. The Balaban J connectivity index is 4.49.